The molecule has 0 radical (unpaired) electrons. The highest BCUT2D eigenvalue weighted by Gasteiger charge is 2.33. The molecule has 0 bridgehead atoms. The van der Waals surface area contributed by atoms with Gasteiger partial charge in [0.1, 0.15) is 0 Å². The van der Waals surface area contributed by atoms with Crippen molar-refractivity contribution in [3.05, 3.63) is 0 Å². The molecule has 0 aliphatic rings. The zero-order chi connectivity index (χ0) is 11.4. The molecule has 0 unspecified atom stereocenters. The largest absolute Gasteiger partial charge is 0.0956 e. The minimum absolute atomic E-state index is 0.146. The van der Waals surface area contributed by atoms with E-state index in [1.54, 1.807) is 0 Å². The normalized spacial score (nSPS) is 13.7. The van der Waals surface area contributed by atoms with Gasteiger partial charge in [-0.2, -0.15) is 0 Å². The Kier molecular flexibility index (Phi) is 5.67. The minimum atomic E-state index is 0.146. The monoisotopic (exact) mass is 216 g/mol. The summed E-state index contributed by atoms with van der Waals surface area (Å²) in [4.78, 5) is 0. The van der Waals surface area contributed by atoms with E-state index in [2.05, 4.69) is 48.5 Å². The van der Waals surface area contributed by atoms with Crippen LogP contribution in [0.4, 0.5) is 0 Å². The van der Waals surface area contributed by atoms with E-state index in [-0.39, 0.29) is 7.92 Å². The lowest BCUT2D eigenvalue weighted by atomic mass is 10.2. The van der Waals surface area contributed by atoms with Crippen LogP contribution in [0.2, 0.25) is 0 Å². The molecule has 14 heavy (non-hydrogen) atoms. The Balaban J connectivity index is 4.28. The van der Waals surface area contributed by atoms with E-state index in [0.717, 1.165) is 0 Å². The minimum Gasteiger partial charge on any atom is -0.0956 e. The average Bonchev–Trinajstić information content (AvgIpc) is 1.92. The highest BCUT2D eigenvalue weighted by molar-refractivity contribution is 7.60. The van der Waals surface area contributed by atoms with Crippen molar-refractivity contribution >= 4 is 7.92 Å². The zero-order valence-corrected chi connectivity index (χ0v) is 12.2. The van der Waals surface area contributed by atoms with Crippen molar-refractivity contribution < 1.29 is 0 Å². The SMILES string of the molecule is CCCCCP(C(C)(C)C)C(C)(C)C. The molecule has 0 N–H and O–H groups in total. The first-order valence-corrected chi connectivity index (χ1v) is 7.50. The summed E-state index contributed by atoms with van der Waals surface area (Å²) in [6.45, 7) is 16.8. The van der Waals surface area contributed by atoms with Crippen LogP contribution in [0, 0.1) is 0 Å². The molecule has 0 spiro atoms. The third-order valence-corrected chi connectivity index (χ3v) is 6.61. The van der Waals surface area contributed by atoms with E-state index in [1.807, 2.05) is 0 Å². The summed E-state index contributed by atoms with van der Waals surface area (Å²) in [6, 6.07) is 0. The van der Waals surface area contributed by atoms with E-state index in [4.69, 9.17) is 0 Å². The first-order valence-electron chi connectivity index (χ1n) is 5.97. The van der Waals surface area contributed by atoms with Crippen molar-refractivity contribution in [2.24, 2.45) is 0 Å². The molecule has 0 saturated heterocycles. The van der Waals surface area contributed by atoms with E-state index in [9.17, 15) is 0 Å². The van der Waals surface area contributed by atoms with Crippen LogP contribution < -0.4 is 0 Å². The van der Waals surface area contributed by atoms with Crippen molar-refractivity contribution in [2.75, 3.05) is 6.16 Å². The summed E-state index contributed by atoms with van der Waals surface area (Å²) in [7, 11) is 0.146. The molecule has 0 fully saturated rings. The molecule has 0 nitrogen and oxygen atoms in total. The highest BCUT2D eigenvalue weighted by Crippen LogP contribution is 2.59. The summed E-state index contributed by atoms with van der Waals surface area (Å²) >= 11 is 0. The lowest BCUT2D eigenvalue weighted by Crippen LogP contribution is -2.26. The van der Waals surface area contributed by atoms with Crippen LogP contribution in [0.3, 0.4) is 0 Å². The van der Waals surface area contributed by atoms with Gasteiger partial charge in [-0.05, 0) is 22.9 Å². The Labute approximate surface area is 92.6 Å². The van der Waals surface area contributed by atoms with Crippen LogP contribution in [0.15, 0.2) is 0 Å². The van der Waals surface area contributed by atoms with E-state index < -0.39 is 0 Å². The van der Waals surface area contributed by atoms with Gasteiger partial charge in [0.25, 0.3) is 0 Å². The Morgan fingerprint density at radius 2 is 1.21 bits per heavy atom. The van der Waals surface area contributed by atoms with Gasteiger partial charge in [-0.3, -0.25) is 0 Å². The van der Waals surface area contributed by atoms with Crippen molar-refractivity contribution in [3.63, 3.8) is 0 Å². The van der Waals surface area contributed by atoms with E-state index in [1.165, 1.54) is 25.4 Å². The molecule has 0 rings (SSSR count). The van der Waals surface area contributed by atoms with Crippen LogP contribution in [-0.4, -0.2) is 16.5 Å². The first-order chi connectivity index (χ1) is 6.19. The maximum Gasteiger partial charge on any atom is -0.0175 e. The van der Waals surface area contributed by atoms with E-state index >= 15 is 0 Å². The predicted octanol–water partition coefficient (Wildman–Crippen LogP) is 5.26. The van der Waals surface area contributed by atoms with Gasteiger partial charge >= 0.3 is 0 Å². The van der Waals surface area contributed by atoms with Gasteiger partial charge in [-0.15, -0.1) is 0 Å². The fourth-order valence-electron chi connectivity index (χ4n) is 2.20. The number of rotatable bonds is 4. The fourth-order valence-corrected chi connectivity index (χ4v) is 6.09. The standard InChI is InChI=1S/C13H29P/c1-8-9-10-11-14(12(2,3)4)13(5,6)7/h8-11H2,1-7H3. The van der Waals surface area contributed by atoms with Crippen LogP contribution >= 0.6 is 7.92 Å². The summed E-state index contributed by atoms with van der Waals surface area (Å²) < 4.78 is 0. The second-order valence-electron chi connectivity index (χ2n) is 6.20. The average molecular weight is 216 g/mol. The van der Waals surface area contributed by atoms with Gasteiger partial charge < -0.3 is 0 Å². The molecule has 0 atom stereocenters. The predicted molar refractivity (Wildman–Crippen MR) is 70.8 cm³/mol. The molecule has 0 aliphatic heterocycles. The number of unbranched alkanes of at least 4 members (excludes halogenated alkanes) is 2. The third kappa shape index (κ3) is 5.35. The summed E-state index contributed by atoms with van der Waals surface area (Å²) in [5.41, 5.74) is 0. The second kappa shape index (κ2) is 5.50. The quantitative estimate of drug-likeness (QED) is 0.444. The fraction of sp³-hybridized carbons (Fsp3) is 1.00. The second-order valence-corrected chi connectivity index (χ2v) is 10.2. The molecule has 0 aromatic rings. The van der Waals surface area contributed by atoms with Crippen molar-refractivity contribution in [3.8, 4) is 0 Å². The third-order valence-electron chi connectivity index (χ3n) is 2.60. The van der Waals surface area contributed by atoms with Gasteiger partial charge in [-0.25, -0.2) is 0 Å². The van der Waals surface area contributed by atoms with Gasteiger partial charge in [0.05, 0.1) is 0 Å². The Bertz CT molecular complexity index is 134. The molecule has 0 aromatic carbocycles. The molecule has 0 heterocycles. The van der Waals surface area contributed by atoms with Gasteiger partial charge in [0.2, 0.25) is 0 Å². The lowest BCUT2D eigenvalue weighted by Gasteiger charge is -2.41. The first kappa shape index (κ1) is 14.4. The van der Waals surface area contributed by atoms with Crippen molar-refractivity contribution in [2.45, 2.75) is 78.0 Å². The Hall–Kier alpha value is 0.430. The molecule has 0 aliphatic carbocycles. The number of hydrogen-bond donors (Lipinski definition) is 0. The van der Waals surface area contributed by atoms with Crippen molar-refractivity contribution in [1.82, 2.24) is 0 Å². The molecule has 1 heteroatoms. The van der Waals surface area contributed by atoms with Gasteiger partial charge in [0.15, 0.2) is 0 Å². The lowest BCUT2D eigenvalue weighted by molar-refractivity contribution is 0.688. The summed E-state index contributed by atoms with van der Waals surface area (Å²) in [5.74, 6) is 0. The molecule has 0 saturated carbocycles. The maximum absolute atomic E-state index is 2.41. The molecule has 0 aromatic heterocycles. The van der Waals surface area contributed by atoms with Crippen LogP contribution in [0.1, 0.15) is 67.7 Å². The van der Waals surface area contributed by atoms with Crippen molar-refractivity contribution in [1.29, 1.82) is 0 Å². The van der Waals surface area contributed by atoms with Crippen LogP contribution in [0.25, 0.3) is 0 Å². The van der Waals surface area contributed by atoms with Crippen LogP contribution in [0.5, 0.6) is 0 Å². The highest BCUT2D eigenvalue weighted by atomic mass is 31.1. The molecular formula is C13H29P. The smallest absolute Gasteiger partial charge is 0.0175 e. The Morgan fingerprint density at radius 1 is 0.786 bits per heavy atom. The maximum atomic E-state index is 2.41. The summed E-state index contributed by atoms with van der Waals surface area (Å²) in [5, 5.41) is 1.03. The molecule has 0 amide bonds. The van der Waals surface area contributed by atoms with E-state index in [0.29, 0.717) is 10.3 Å². The van der Waals surface area contributed by atoms with Gasteiger partial charge in [-0.1, -0.05) is 69.2 Å². The zero-order valence-electron chi connectivity index (χ0n) is 11.3. The summed E-state index contributed by atoms with van der Waals surface area (Å²) in [6.07, 6.45) is 5.63. The number of hydrogen-bond acceptors (Lipinski definition) is 0. The topological polar surface area (TPSA) is 0 Å². The molecular weight excluding hydrogens is 187 g/mol. The molecule has 86 valence electrons. The van der Waals surface area contributed by atoms with Gasteiger partial charge in [0, 0.05) is 0 Å². The van der Waals surface area contributed by atoms with Crippen LogP contribution in [-0.2, 0) is 0 Å². The Morgan fingerprint density at radius 3 is 1.50 bits per heavy atom.